The molecule has 0 saturated carbocycles. The molecule has 1 aliphatic rings. The molecule has 0 bridgehead atoms. The first kappa shape index (κ1) is 15.8. The summed E-state index contributed by atoms with van der Waals surface area (Å²) in [6.07, 6.45) is 1.33. The fourth-order valence-corrected chi connectivity index (χ4v) is 2.62. The second kappa shape index (κ2) is 7.46. The quantitative estimate of drug-likeness (QED) is 0.874. The number of amides is 1. The van der Waals surface area contributed by atoms with Gasteiger partial charge in [0, 0.05) is 12.6 Å². The number of carbonyl (C=O) groups is 1. The van der Waals surface area contributed by atoms with E-state index in [1.165, 1.54) is 0 Å². The first-order valence-corrected chi connectivity index (χ1v) is 7.85. The van der Waals surface area contributed by atoms with Gasteiger partial charge in [0.25, 0.3) is 5.91 Å². The van der Waals surface area contributed by atoms with E-state index in [0.29, 0.717) is 12.3 Å². The predicted octanol–water partition coefficient (Wildman–Crippen LogP) is 2.27. The van der Waals surface area contributed by atoms with E-state index in [2.05, 4.69) is 17.6 Å². The third kappa shape index (κ3) is 4.21. The average Bonchev–Trinajstić information content (AvgIpc) is 2.48. The lowest BCUT2D eigenvalue weighted by molar-refractivity contribution is -0.129. The summed E-state index contributed by atoms with van der Waals surface area (Å²) in [6.45, 7) is 8.03. The number of aryl methyl sites for hydroxylation is 1. The van der Waals surface area contributed by atoms with E-state index in [1.807, 2.05) is 38.1 Å². The van der Waals surface area contributed by atoms with Gasteiger partial charge in [0.05, 0.1) is 0 Å². The lowest BCUT2D eigenvalue weighted by atomic mass is 9.94. The lowest BCUT2D eigenvalue weighted by Gasteiger charge is -2.31. The van der Waals surface area contributed by atoms with Crippen LogP contribution in [0.3, 0.4) is 0 Å². The first-order chi connectivity index (χ1) is 10.1. The van der Waals surface area contributed by atoms with Gasteiger partial charge in [-0.2, -0.15) is 0 Å². The molecule has 1 saturated heterocycles. The molecular formula is C17H26N2O2. The minimum Gasteiger partial charge on any atom is -0.480 e. The molecule has 0 aromatic heterocycles. The highest BCUT2D eigenvalue weighted by molar-refractivity contribution is 5.81. The Balaban J connectivity index is 1.97. The van der Waals surface area contributed by atoms with Crippen LogP contribution in [0, 0.1) is 12.8 Å². The molecule has 2 rings (SSSR count). The van der Waals surface area contributed by atoms with E-state index in [9.17, 15) is 4.79 Å². The maximum Gasteiger partial charge on any atom is 0.261 e. The Bertz CT molecular complexity index is 476. The van der Waals surface area contributed by atoms with Crippen molar-refractivity contribution in [3.63, 3.8) is 0 Å². The van der Waals surface area contributed by atoms with E-state index in [-0.39, 0.29) is 11.9 Å². The molecule has 1 aromatic carbocycles. The van der Waals surface area contributed by atoms with Crippen molar-refractivity contribution in [2.24, 2.45) is 5.92 Å². The number of carbonyl (C=O) groups excluding carboxylic acids is 1. The van der Waals surface area contributed by atoms with Gasteiger partial charge < -0.3 is 15.4 Å². The molecule has 21 heavy (non-hydrogen) atoms. The number of ether oxygens (including phenoxy) is 1. The fraction of sp³-hybridized carbons (Fsp3) is 0.588. The third-order valence-corrected chi connectivity index (χ3v) is 4.18. The largest absolute Gasteiger partial charge is 0.480 e. The molecular weight excluding hydrogens is 264 g/mol. The van der Waals surface area contributed by atoms with Gasteiger partial charge in [-0.3, -0.25) is 4.79 Å². The second-order valence-electron chi connectivity index (χ2n) is 5.87. The summed E-state index contributed by atoms with van der Waals surface area (Å²) in [5.74, 6) is 1.28. The van der Waals surface area contributed by atoms with E-state index in [0.717, 1.165) is 30.8 Å². The molecule has 4 heteroatoms. The van der Waals surface area contributed by atoms with Crippen molar-refractivity contribution in [3.8, 4) is 5.75 Å². The summed E-state index contributed by atoms with van der Waals surface area (Å²) in [5, 5.41) is 6.46. The van der Waals surface area contributed by atoms with Crippen molar-refractivity contribution in [2.45, 2.75) is 45.8 Å². The zero-order chi connectivity index (χ0) is 15.2. The number of nitrogens with one attached hydrogen (secondary N) is 2. The number of para-hydroxylation sites is 1. The average molecular weight is 290 g/mol. The Morgan fingerprint density at radius 3 is 2.90 bits per heavy atom. The Hall–Kier alpha value is -1.55. The molecule has 0 radical (unpaired) electrons. The van der Waals surface area contributed by atoms with Crippen LogP contribution in [0.1, 0.15) is 32.3 Å². The van der Waals surface area contributed by atoms with Crippen LogP contribution in [-0.4, -0.2) is 31.1 Å². The summed E-state index contributed by atoms with van der Waals surface area (Å²) in [6, 6.07) is 8.00. The standard InChI is InChI=1S/C17H26N2O2/c1-4-15(21-16-8-6-5-7-13(16)3)17(20)19-14-11-18-10-9-12(14)2/h5-8,12,14-15,18H,4,9-11H2,1-3H3,(H,19,20). The molecule has 0 spiro atoms. The third-order valence-electron chi connectivity index (χ3n) is 4.18. The van der Waals surface area contributed by atoms with E-state index < -0.39 is 6.10 Å². The molecule has 0 aliphatic carbocycles. The monoisotopic (exact) mass is 290 g/mol. The zero-order valence-electron chi connectivity index (χ0n) is 13.2. The van der Waals surface area contributed by atoms with Crippen molar-refractivity contribution in [1.82, 2.24) is 10.6 Å². The van der Waals surface area contributed by atoms with Crippen LogP contribution >= 0.6 is 0 Å². The van der Waals surface area contributed by atoms with Crippen molar-refractivity contribution < 1.29 is 9.53 Å². The highest BCUT2D eigenvalue weighted by Gasteiger charge is 2.26. The molecule has 2 N–H and O–H groups in total. The van der Waals surface area contributed by atoms with Crippen LogP contribution < -0.4 is 15.4 Å². The molecule has 1 heterocycles. The van der Waals surface area contributed by atoms with Crippen LogP contribution in [-0.2, 0) is 4.79 Å². The predicted molar refractivity (Wildman–Crippen MR) is 84.5 cm³/mol. The van der Waals surface area contributed by atoms with Crippen molar-refractivity contribution in [1.29, 1.82) is 0 Å². The lowest BCUT2D eigenvalue weighted by Crippen LogP contribution is -2.53. The second-order valence-corrected chi connectivity index (χ2v) is 5.87. The molecule has 116 valence electrons. The smallest absolute Gasteiger partial charge is 0.261 e. The molecule has 3 unspecified atom stereocenters. The zero-order valence-corrected chi connectivity index (χ0v) is 13.2. The van der Waals surface area contributed by atoms with Gasteiger partial charge in [0.15, 0.2) is 6.10 Å². The number of benzene rings is 1. The van der Waals surface area contributed by atoms with E-state index in [1.54, 1.807) is 0 Å². The Labute approximate surface area is 127 Å². The maximum absolute atomic E-state index is 12.4. The van der Waals surface area contributed by atoms with Gasteiger partial charge in [-0.25, -0.2) is 0 Å². The van der Waals surface area contributed by atoms with Gasteiger partial charge in [-0.1, -0.05) is 32.0 Å². The minimum absolute atomic E-state index is 0.0127. The van der Waals surface area contributed by atoms with Gasteiger partial charge in [-0.05, 0) is 43.9 Å². The highest BCUT2D eigenvalue weighted by atomic mass is 16.5. The maximum atomic E-state index is 12.4. The van der Waals surface area contributed by atoms with Crippen molar-refractivity contribution >= 4 is 5.91 Å². The van der Waals surface area contributed by atoms with Crippen LogP contribution in [0.5, 0.6) is 5.75 Å². The Kier molecular flexibility index (Phi) is 5.62. The number of hydrogen-bond donors (Lipinski definition) is 2. The molecule has 4 nitrogen and oxygen atoms in total. The summed E-state index contributed by atoms with van der Waals surface area (Å²) in [5.41, 5.74) is 1.05. The molecule has 1 aromatic rings. The molecule has 1 aliphatic heterocycles. The summed E-state index contributed by atoms with van der Waals surface area (Å²) in [4.78, 5) is 12.4. The molecule has 1 fully saturated rings. The summed E-state index contributed by atoms with van der Waals surface area (Å²) >= 11 is 0. The van der Waals surface area contributed by atoms with Crippen LogP contribution in [0.4, 0.5) is 0 Å². The fourth-order valence-electron chi connectivity index (χ4n) is 2.62. The van der Waals surface area contributed by atoms with Gasteiger partial charge in [0.2, 0.25) is 0 Å². The number of piperidine rings is 1. The van der Waals surface area contributed by atoms with Gasteiger partial charge in [0.1, 0.15) is 5.75 Å². The normalized spacial score (nSPS) is 23.4. The van der Waals surface area contributed by atoms with Crippen LogP contribution in [0.2, 0.25) is 0 Å². The van der Waals surface area contributed by atoms with Crippen LogP contribution in [0.15, 0.2) is 24.3 Å². The molecule has 3 atom stereocenters. The Morgan fingerprint density at radius 1 is 1.48 bits per heavy atom. The minimum atomic E-state index is -0.430. The Morgan fingerprint density at radius 2 is 2.24 bits per heavy atom. The highest BCUT2D eigenvalue weighted by Crippen LogP contribution is 2.19. The van der Waals surface area contributed by atoms with Gasteiger partial charge in [-0.15, -0.1) is 0 Å². The topological polar surface area (TPSA) is 50.4 Å². The van der Waals surface area contributed by atoms with Crippen LogP contribution in [0.25, 0.3) is 0 Å². The van der Waals surface area contributed by atoms with Crippen molar-refractivity contribution in [3.05, 3.63) is 29.8 Å². The van der Waals surface area contributed by atoms with E-state index in [4.69, 9.17) is 4.74 Å². The van der Waals surface area contributed by atoms with E-state index >= 15 is 0 Å². The number of rotatable bonds is 5. The van der Waals surface area contributed by atoms with Gasteiger partial charge >= 0.3 is 0 Å². The molecule has 1 amide bonds. The number of hydrogen-bond acceptors (Lipinski definition) is 3. The van der Waals surface area contributed by atoms with Crippen molar-refractivity contribution in [2.75, 3.05) is 13.1 Å². The summed E-state index contributed by atoms with van der Waals surface area (Å²) < 4.78 is 5.90. The summed E-state index contributed by atoms with van der Waals surface area (Å²) in [7, 11) is 0. The SMILES string of the molecule is CCC(Oc1ccccc1C)C(=O)NC1CNCCC1C. The first-order valence-electron chi connectivity index (χ1n) is 7.85.